The van der Waals surface area contributed by atoms with Gasteiger partial charge >= 0.3 is 0 Å². The van der Waals surface area contributed by atoms with Gasteiger partial charge in [0.05, 0.1) is 11.4 Å². The van der Waals surface area contributed by atoms with E-state index in [-0.39, 0.29) is 5.91 Å². The van der Waals surface area contributed by atoms with Crippen molar-refractivity contribution in [1.82, 2.24) is 9.78 Å². The molecule has 1 aromatic heterocycles. The molecule has 0 atom stereocenters. The van der Waals surface area contributed by atoms with E-state index < -0.39 is 0 Å². The number of hydrogen-bond donors (Lipinski definition) is 1. The summed E-state index contributed by atoms with van der Waals surface area (Å²) in [6.07, 6.45) is 0. The largest absolute Gasteiger partial charge is 0.306 e. The van der Waals surface area contributed by atoms with Crippen LogP contribution in [0.25, 0.3) is 5.69 Å². The maximum absolute atomic E-state index is 12.8. The van der Waals surface area contributed by atoms with Gasteiger partial charge in [0, 0.05) is 37.2 Å². The van der Waals surface area contributed by atoms with Gasteiger partial charge in [0.25, 0.3) is 5.91 Å². The second kappa shape index (κ2) is 7.27. The molecular formula is C18H12BrCl2N3OS. The van der Waals surface area contributed by atoms with Gasteiger partial charge < -0.3 is 5.32 Å². The number of thioether (sulfide) groups is 1. The summed E-state index contributed by atoms with van der Waals surface area (Å²) in [7, 11) is 0. The van der Waals surface area contributed by atoms with E-state index in [0.717, 1.165) is 32.9 Å². The first-order valence-corrected chi connectivity index (χ1v) is 10.4. The molecule has 1 aliphatic rings. The van der Waals surface area contributed by atoms with Gasteiger partial charge in [-0.2, -0.15) is 16.9 Å². The predicted molar refractivity (Wildman–Crippen MR) is 111 cm³/mol. The van der Waals surface area contributed by atoms with Gasteiger partial charge in [0.2, 0.25) is 0 Å². The fourth-order valence-electron chi connectivity index (χ4n) is 2.78. The molecule has 0 fully saturated rings. The Bertz CT molecular complexity index is 984. The molecule has 1 amide bonds. The first kappa shape index (κ1) is 17.9. The number of hydrogen-bond acceptors (Lipinski definition) is 3. The summed E-state index contributed by atoms with van der Waals surface area (Å²) in [5.74, 6) is 2.07. The van der Waals surface area contributed by atoms with Crippen LogP contribution >= 0.6 is 50.9 Å². The van der Waals surface area contributed by atoms with Crippen molar-refractivity contribution in [1.29, 1.82) is 0 Å². The van der Waals surface area contributed by atoms with Crippen molar-refractivity contribution >= 4 is 62.6 Å². The van der Waals surface area contributed by atoms with Gasteiger partial charge in [0.1, 0.15) is 5.82 Å². The van der Waals surface area contributed by atoms with Crippen LogP contribution in [-0.4, -0.2) is 15.7 Å². The number of carbonyl (C=O) groups excluding carboxylic acids is 1. The molecule has 2 aromatic carbocycles. The predicted octanol–water partition coefficient (Wildman–Crippen LogP) is 5.94. The first-order chi connectivity index (χ1) is 12.5. The van der Waals surface area contributed by atoms with E-state index in [0.29, 0.717) is 21.4 Å². The van der Waals surface area contributed by atoms with Crippen LogP contribution < -0.4 is 5.32 Å². The summed E-state index contributed by atoms with van der Waals surface area (Å²) in [5, 5.41) is 8.52. The minimum Gasteiger partial charge on any atom is -0.306 e. The molecule has 4 nitrogen and oxygen atoms in total. The summed E-state index contributed by atoms with van der Waals surface area (Å²) in [5.41, 5.74) is 3.34. The number of nitrogens with one attached hydrogen (secondary N) is 1. The lowest BCUT2D eigenvalue weighted by Crippen LogP contribution is -2.16. The first-order valence-electron chi connectivity index (χ1n) is 7.73. The molecule has 1 aliphatic heterocycles. The molecule has 1 N–H and O–H groups in total. The van der Waals surface area contributed by atoms with Gasteiger partial charge in [0.15, 0.2) is 0 Å². The van der Waals surface area contributed by atoms with Crippen LogP contribution in [0, 0.1) is 0 Å². The smallest absolute Gasteiger partial charge is 0.256 e. The summed E-state index contributed by atoms with van der Waals surface area (Å²) >= 11 is 17.3. The van der Waals surface area contributed by atoms with Crippen LogP contribution in [0.2, 0.25) is 10.0 Å². The normalized spacial score (nSPS) is 12.9. The molecule has 0 saturated carbocycles. The van der Waals surface area contributed by atoms with Crippen molar-refractivity contribution in [2.75, 3.05) is 5.32 Å². The fourth-order valence-corrected chi connectivity index (χ4v) is 4.60. The van der Waals surface area contributed by atoms with E-state index in [4.69, 9.17) is 23.2 Å². The fraction of sp³-hybridized carbons (Fsp3) is 0.111. The molecule has 0 spiro atoms. The highest BCUT2D eigenvalue weighted by molar-refractivity contribution is 9.10. The van der Waals surface area contributed by atoms with Crippen molar-refractivity contribution in [2.45, 2.75) is 11.5 Å². The van der Waals surface area contributed by atoms with Crippen LogP contribution in [0.15, 0.2) is 46.9 Å². The Kier molecular flexibility index (Phi) is 5.01. The van der Waals surface area contributed by atoms with E-state index in [1.807, 2.05) is 24.3 Å². The van der Waals surface area contributed by atoms with E-state index in [1.165, 1.54) is 0 Å². The van der Waals surface area contributed by atoms with Gasteiger partial charge in [-0.15, -0.1) is 0 Å². The Morgan fingerprint density at radius 3 is 2.50 bits per heavy atom. The van der Waals surface area contributed by atoms with Crippen LogP contribution in [-0.2, 0) is 11.5 Å². The quantitative estimate of drug-likeness (QED) is 0.517. The van der Waals surface area contributed by atoms with Gasteiger partial charge in [-0.05, 0) is 42.5 Å². The number of anilines is 1. The SMILES string of the molecule is O=C(Nc1c2c(nn1-c1ccc(Br)cc1)CSC2)c1cc(Cl)cc(Cl)c1. The number of nitrogens with zero attached hydrogens (tertiary/aromatic N) is 2. The van der Waals surface area contributed by atoms with Gasteiger partial charge in [-0.3, -0.25) is 4.79 Å². The van der Waals surface area contributed by atoms with E-state index in [2.05, 4.69) is 26.3 Å². The Morgan fingerprint density at radius 1 is 1.12 bits per heavy atom. The van der Waals surface area contributed by atoms with E-state index in [1.54, 1.807) is 34.6 Å². The van der Waals surface area contributed by atoms with Crippen molar-refractivity contribution in [2.24, 2.45) is 0 Å². The van der Waals surface area contributed by atoms with Crippen molar-refractivity contribution in [3.63, 3.8) is 0 Å². The third kappa shape index (κ3) is 3.51. The Labute approximate surface area is 173 Å². The van der Waals surface area contributed by atoms with Crippen LogP contribution in [0.1, 0.15) is 21.6 Å². The Morgan fingerprint density at radius 2 is 1.81 bits per heavy atom. The lowest BCUT2D eigenvalue weighted by Gasteiger charge is -2.11. The zero-order chi connectivity index (χ0) is 18.3. The number of benzene rings is 2. The van der Waals surface area contributed by atoms with Gasteiger partial charge in [-0.25, -0.2) is 4.68 Å². The van der Waals surface area contributed by atoms with Crippen molar-refractivity contribution < 1.29 is 4.79 Å². The Hall–Kier alpha value is -1.47. The minimum atomic E-state index is -0.271. The van der Waals surface area contributed by atoms with Crippen molar-refractivity contribution in [3.8, 4) is 5.69 Å². The lowest BCUT2D eigenvalue weighted by atomic mass is 10.2. The highest BCUT2D eigenvalue weighted by atomic mass is 79.9. The molecule has 0 radical (unpaired) electrons. The third-order valence-corrected chi connectivity index (χ3v) is 5.92. The molecule has 0 unspecified atom stereocenters. The maximum atomic E-state index is 12.8. The third-order valence-electron chi connectivity index (χ3n) is 3.98. The highest BCUT2D eigenvalue weighted by Gasteiger charge is 2.25. The molecule has 132 valence electrons. The van der Waals surface area contributed by atoms with Crippen molar-refractivity contribution in [3.05, 3.63) is 73.8 Å². The average molecular weight is 469 g/mol. The molecule has 0 aliphatic carbocycles. The molecule has 2 heterocycles. The van der Waals surface area contributed by atoms with Gasteiger partial charge in [-0.1, -0.05) is 39.1 Å². The number of aromatic nitrogens is 2. The number of rotatable bonds is 3. The second-order valence-corrected chi connectivity index (χ2v) is 8.54. The number of amides is 1. The molecule has 4 rings (SSSR count). The summed E-state index contributed by atoms with van der Waals surface area (Å²) in [6, 6.07) is 12.6. The zero-order valence-electron chi connectivity index (χ0n) is 13.3. The zero-order valence-corrected chi connectivity index (χ0v) is 17.2. The van der Waals surface area contributed by atoms with E-state index in [9.17, 15) is 4.79 Å². The van der Waals surface area contributed by atoms with Crippen LogP contribution in [0.5, 0.6) is 0 Å². The monoisotopic (exact) mass is 467 g/mol. The number of carbonyl (C=O) groups is 1. The molecule has 8 heteroatoms. The second-order valence-electron chi connectivity index (χ2n) is 5.77. The molecule has 3 aromatic rings. The van der Waals surface area contributed by atoms with E-state index >= 15 is 0 Å². The standard InChI is InChI=1S/C18H12BrCl2N3OS/c19-11-1-3-14(4-2-11)24-17(15-8-26-9-16(15)23-24)22-18(25)10-5-12(20)7-13(21)6-10/h1-7H,8-9H2,(H,22,25). The number of fused-ring (bicyclic) bond motifs is 1. The minimum absolute atomic E-state index is 0.271. The molecular weight excluding hydrogens is 457 g/mol. The maximum Gasteiger partial charge on any atom is 0.256 e. The Balaban J connectivity index is 1.73. The molecule has 0 saturated heterocycles. The topological polar surface area (TPSA) is 46.9 Å². The molecule has 26 heavy (non-hydrogen) atoms. The highest BCUT2D eigenvalue weighted by Crippen LogP contribution is 2.36. The summed E-state index contributed by atoms with van der Waals surface area (Å²) < 4.78 is 2.76. The summed E-state index contributed by atoms with van der Waals surface area (Å²) in [6.45, 7) is 0. The van der Waals surface area contributed by atoms with Crippen LogP contribution in [0.3, 0.4) is 0 Å². The average Bonchev–Trinajstić information content (AvgIpc) is 3.17. The number of halogens is 3. The lowest BCUT2D eigenvalue weighted by molar-refractivity contribution is 0.102. The summed E-state index contributed by atoms with van der Waals surface area (Å²) in [4.78, 5) is 12.8. The molecule has 0 bridgehead atoms. The van der Waals surface area contributed by atoms with Crippen LogP contribution in [0.4, 0.5) is 5.82 Å².